The Morgan fingerprint density at radius 3 is 2.44 bits per heavy atom. The topological polar surface area (TPSA) is 86.3 Å². The highest BCUT2D eigenvalue weighted by molar-refractivity contribution is 14.0. The molecule has 0 aliphatic carbocycles. The monoisotopic (exact) mass is 517 g/mol. The van der Waals surface area contributed by atoms with E-state index in [2.05, 4.69) is 29.4 Å². The summed E-state index contributed by atoms with van der Waals surface area (Å²) in [5.74, 6) is 1.54. The highest BCUT2D eigenvalue weighted by atomic mass is 127. The first-order chi connectivity index (χ1) is 12.4. The summed E-state index contributed by atoms with van der Waals surface area (Å²) >= 11 is 0. The number of nitrogens with zero attached hydrogens (tertiary/aromatic N) is 3. The molecule has 160 valence electrons. The molecular formula is C17H36IN5O3S. The van der Waals surface area contributed by atoms with Gasteiger partial charge < -0.3 is 15.4 Å². The van der Waals surface area contributed by atoms with Crippen LogP contribution in [0.2, 0.25) is 0 Å². The van der Waals surface area contributed by atoms with Gasteiger partial charge in [-0.2, -0.15) is 0 Å². The zero-order valence-electron chi connectivity index (χ0n) is 16.8. The van der Waals surface area contributed by atoms with Crippen molar-refractivity contribution in [3.63, 3.8) is 0 Å². The molecule has 0 aromatic heterocycles. The summed E-state index contributed by atoms with van der Waals surface area (Å²) < 4.78 is 30.7. The van der Waals surface area contributed by atoms with Gasteiger partial charge in [0.1, 0.15) is 0 Å². The van der Waals surface area contributed by atoms with Gasteiger partial charge in [-0.25, -0.2) is 12.7 Å². The first-order valence-electron chi connectivity index (χ1n) is 9.76. The number of hydrogen-bond acceptors (Lipinski definition) is 5. The fraction of sp³-hybridized carbons (Fsp3) is 0.941. The minimum Gasteiger partial charge on any atom is -0.379 e. The number of morpholine rings is 1. The van der Waals surface area contributed by atoms with Crippen molar-refractivity contribution in [2.24, 2.45) is 10.9 Å². The van der Waals surface area contributed by atoms with Crippen molar-refractivity contribution in [2.75, 3.05) is 64.8 Å². The Hall–Kier alpha value is -0.170. The van der Waals surface area contributed by atoms with Crippen LogP contribution in [0.3, 0.4) is 0 Å². The molecule has 0 aromatic rings. The van der Waals surface area contributed by atoms with Gasteiger partial charge in [0, 0.05) is 45.3 Å². The summed E-state index contributed by atoms with van der Waals surface area (Å²) in [6.07, 6.45) is 0.728. The predicted molar refractivity (Wildman–Crippen MR) is 120 cm³/mol. The second-order valence-corrected chi connectivity index (χ2v) is 9.26. The molecule has 0 amide bonds. The van der Waals surface area contributed by atoms with E-state index in [0.29, 0.717) is 31.6 Å². The van der Waals surface area contributed by atoms with Crippen LogP contribution in [0.1, 0.15) is 27.2 Å². The van der Waals surface area contributed by atoms with Gasteiger partial charge in [0.2, 0.25) is 10.0 Å². The van der Waals surface area contributed by atoms with E-state index >= 15 is 0 Å². The number of sulfonamides is 1. The van der Waals surface area contributed by atoms with E-state index in [-0.39, 0.29) is 29.7 Å². The first kappa shape index (κ1) is 24.9. The van der Waals surface area contributed by atoms with Crippen LogP contribution >= 0.6 is 24.0 Å². The number of aliphatic imine (C=N–C) groups is 1. The fourth-order valence-electron chi connectivity index (χ4n) is 3.42. The van der Waals surface area contributed by atoms with E-state index in [4.69, 9.17) is 9.73 Å². The smallest absolute Gasteiger partial charge is 0.214 e. The molecule has 1 unspecified atom stereocenters. The molecule has 2 heterocycles. The van der Waals surface area contributed by atoms with E-state index < -0.39 is 10.0 Å². The molecule has 2 rings (SSSR count). The Morgan fingerprint density at radius 2 is 1.89 bits per heavy atom. The molecule has 10 heteroatoms. The number of nitrogens with one attached hydrogen (secondary N) is 2. The van der Waals surface area contributed by atoms with Crippen LogP contribution in [-0.4, -0.2) is 94.4 Å². The zero-order valence-corrected chi connectivity index (χ0v) is 20.0. The molecule has 2 N–H and O–H groups in total. The fourth-order valence-corrected chi connectivity index (χ4v) is 4.95. The second-order valence-electron chi connectivity index (χ2n) is 7.17. The minimum atomic E-state index is -3.03. The Morgan fingerprint density at radius 1 is 1.19 bits per heavy atom. The maximum Gasteiger partial charge on any atom is 0.214 e. The van der Waals surface area contributed by atoms with Crippen molar-refractivity contribution in [3.8, 4) is 0 Å². The van der Waals surface area contributed by atoms with Crippen molar-refractivity contribution >= 4 is 40.0 Å². The Kier molecular flexibility index (Phi) is 11.4. The number of rotatable bonds is 8. The lowest BCUT2D eigenvalue weighted by atomic mass is 10.0. The average molecular weight is 517 g/mol. The van der Waals surface area contributed by atoms with E-state index in [1.165, 1.54) is 0 Å². The van der Waals surface area contributed by atoms with Crippen molar-refractivity contribution in [3.05, 3.63) is 0 Å². The molecule has 8 nitrogen and oxygen atoms in total. The third-order valence-electron chi connectivity index (χ3n) is 4.92. The van der Waals surface area contributed by atoms with Crippen molar-refractivity contribution in [2.45, 2.75) is 33.2 Å². The summed E-state index contributed by atoms with van der Waals surface area (Å²) in [4.78, 5) is 7.21. The summed E-state index contributed by atoms with van der Waals surface area (Å²) in [7, 11) is -3.03. The summed E-state index contributed by atoms with van der Waals surface area (Å²) in [6, 6.07) is 0.383. The molecule has 0 saturated carbocycles. The lowest BCUT2D eigenvalue weighted by Gasteiger charge is -2.36. The second kappa shape index (κ2) is 12.4. The van der Waals surface area contributed by atoms with Crippen LogP contribution in [0.15, 0.2) is 4.99 Å². The number of halogens is 1. The summed E-state index contributed by atoms with van der Waals surface area (Å²) in [5.41, 5.74) is 0. The zero-order chi connectivity index (χ0) is 19.0. The van der Waals surface area contributed by atoms with Crippen LogP contribution in [0.25, 0.3) is 0 Å². The van der Waals surface area contributed by atoms with Gasteiger partial charge in [0.25, 0.3) is 0 Å². The lowest BCUT2D eigenvalue weighted by Crippen LogP contribution is -2.48. The minimum absolute atomic E-state index is 0. The Balaban J connectivity index is 0.00000364. The van der Waals surface area contributed by atoms with Crippen molar-refractivity contribution < 1.29 is 13.2 Å². The normalized spacial score (nSPS) is 22.4. The molecule has 1 atom stereocenters. The summed E-state index contributed by atoms with van der Waals surface area (Å²) in [5, 5.41) is 6.53. The highest BCUT2D eigenvalue weighted by Crippen LogP contribution is 2.14. The number of guanidine groups is 1. The van der Waals surface area contributed by atoms with Crippen LogP contribution in [0.5, 0.6) is 0 Å². The standard InChI is InChI=1S/C17H35N5O3S.HI/c1-4-18-17(19-6-8-22-7-5-13-26(22,23)24)20-14-16(15(2)3)21-9-11-25-12-10-21;/h15-16H,4-14H2,1-3H3,(H2,18,19,20);1H. The molecule has 2 saturated heterocycles. The molecule has 27 heavy (non-hydrogen) atoms. The molecule has 2 aliphatic rings. The molecule has 0 aromatic carbocycles. The third-order valence-corrected chi connectivity index (χ3v) is 6.88. The van der Waals surface area contributed by atoms with Crippen LogP contribution in [0.4, 0.5) is 0 Å². The van der Waals surface area contributed by atoms with Crippen molar-refractivity contribution in [1.82, 2.24) is 19.8 Å². The van der Waals surface area contributed by atoms with Gasteiger partial charge in [-0.1, -0.05) is 13.8 Å². The predicted octanol–water partition coefficient (Wildman–Crippen LogP) is 0.552. The van der Waals surface area contributed by atoms with Gasteiger partial charge >= 0.3 is 0 Å². The number of hydrogen-bond donors (Lipinski definition) is 2. The van der Waals surface area contributed by atoms with Gasteiger partial charge in [-0.05, 0) is 19.3 Å². The first-order valence-corrected chi connectivity index (χ1v) is 11.4. The van der Waals surface area contributed by atoms with Gasteiger partial charge in [0.05, 0.1) is 25.5 Å². The largest absolute Gasteiger partial charge is 0.379 e. The van der Waals surface area contributed by atoms with Crippen molar-refractivity contribution in [1.29, 1.82) is 0 Å². The van der Waals surface area contributed by atoms with Crippen LogP contribution in [0, 0.1) is 5.92 Å². The molecular weight excluding hydrogens is 481 g/mol. The van der Waals surface area contributed by atoms with Crippen LogP contribution < -0.4 is 10.6 Å². The molecule has 0 radical (unpaired) electrons. The van der Waals surface area contributed by atoms with E-state index in [9.17, 15) is 8.42 Å². The quantitative estimate of drug-likeness (QED) is 0.278. The van der Waals surface area contributed by atoms with Gasteiger partial charge in [-0.15, -0.1) is 24.0 Å². The molecule has 0 spiro atoms. The SMILES string of the molecule is CCNC(=NCC(C(C)C)N1CCOCC1)NCCN1CCCS1(=O)=O.I. The summed E-state index contributed by atoms with van der Waals surface area (Å²) in [6.45, 7) is 13.2. The maximum atomic E-state index is 11.9. The average Bonchev–Trinajstić information content (AvgIpc) is 2.94. The third kappa shape index (κ3) is 8.00. The Bertz CT molecular complexity index is 553. The lowest BCUT2D eigenvalue weighted by molar-refractivity contribution is 0.00867. The molecule has 2 aliphatic heterocycles. The van der Waals surface area contributed by atoms with Gasteiger partial charge in [0.15, 0.2) is 5.96 Å². The van der Waals surface area contributed by atoms with E-state index in [1.807, 2.05) is 6.92 Å². The maximum absolute atomic E-state index is 11.9. The van der Waals surface area contributed by atoms with Crippen LogP contribution in [-0.2, 0) is 14.8 Å². The molecule has 2 fully saturated rings. The molecule has 0 bridgehead atoms. The van der Waals surface area contributed by atoms with Gasteiger partial charge in [-0.3, -0.25) is 9.89 Å². The number of ether oxygens (including phenoxy) is 1. The van der Waals surface area contributed by atoms with E-state index in [0.717, 1.165) is 51.8 Å². The Labute approximate surface area is 181 Å². The highest BCUT2D eigenvalue weighted by Gasteiger charge is 2.27. The van der Waals surface area contributed by atoms with E-state index in [1.54, 1.807) is 4.31 Å².